The molecule has 0 aliphatic heterocycles. The van der Waals surface area contributed by atoms with Gasteiger partial charge in [0.25, 0.3) is 0 Å². The average molecular weight is 209 g/mol. The molecule has 1 rings (SSSR count). The van der Waals surface area contributed by atoms with Crippen LogP contribution in [0, 0.1) is 0 Å². The maximum Gasteiger partial charge on any atom is 0.243 e. The van der Waals surface area contributed by atoms with E-state index in [2.05, 4.69) is 71.1 Å². The molecule has 0 amide bonds. The minimum Gasteiger partial charge on any atom is -0.236 e. The zero-order valence-corrected chi connectivity index (χ0v) is 11.5. The minimum atomic E-state index is 0.193. The smallest absolute Gasteiger partial charge is 0.236 e. The maximum atomic E-state index is 2.28. The number of rotatable bonds is 0. The Morgan fingerprint density at radius 1 is 1.00 bits per heavy atom. The van der Waals surface area contributed by atoms with Crippen LogP contribution in [-0.2, 0) is 24.9 Å². The molecule has 0 atom stereocenters. The van der Waals surface area contributed by atoms with Crippen molar-refractivity contribution in [1.82, 2.24) is 4.57 Å². The van der Waals surface area contributed by atoms with Gasteiger partial charge in [-0.2, -0.15) is 0 Å². The van der Waals surface area contributed by atoms with Crippen LogP contribution in [0.5, 0.6) is 0 Å². The summed E-state index contributed by atoms with van der Waals surface area (Å²) in [5, 5.41) is 0. The molecule has 0 aliphatic carbocycles. The third-order valence-corrected chi connectivity index (χ3v) is 2.70. The van der Waals surface area contributed by atoms with Gasteiger partial charge in [-0.3, -0.25) is 0 Å². The summed E-state index contributed by atoms with van der Waals surface area (Å²) >= 11 is 0. The van der Waals surface area contributed by atoms with Gasteiger partial charge < -0.3 is 0 Å². The Morgan fingerprint density at radius 2 is 1.47 bits per heavy atom. The fourth-order valence-electron chi connectivity index (χ4n) is 2.48. The van der Waals surface area contributed by atoms with E-state index >= 15 is 0 Å². The summed E-state index contributed by atoms with van der Waals surface area (Å²) in [7, 11) is 4.27. The van der Waals surface area contributed by atoms with E-state index in [0.29, 0.717) is 0 Å². The van der Waals surface area contributed by atoms with Crippen molar-refractivity contribution in [2.24, 2.45) is 14.1 Å². The summed E-state index contributed by atoms with van der Waals surface area (Å²) < 4.78 is 4.50. The van der Waals surface area contributed by atoms with Crippen molar-refractivity contribution in [3.63, 3.8) is 0 Å². The van der Waals surface area contributed by atoms with E-state index in [-0.39, 0.29) is 10.8 Å². The Bertz CT molecular complexity index is 325. The molecule has 0 saturated heterocycles. The molecule has 2 nitrogen and oxygen atoms in total. The molecule has 1 heterocycles. The topological polar surface area (TPSA) is 8.81 Å². The Balaban J connectivity index is 3.51. The Labute approximate surface area is 93.9 Å². The van der Waals surface area contributed by atoms with Crippen LogP contribution in [0.15, 0.2) is 6.33 Å². The molecule has 0 fully saturated rings. The van der Waals surface area contributed by atoms with Gasteiger partial charge in [-0.1, -0.05) is 41.5 Å². The first-order valence-corrected chi connectivity index (χ1v) is 5.61. The Morgan fingerprint density at radius 3 is 1.73 bits per heavy atom. The van der Waals surface area contributed by atoms with Crippen LogP contribution < -0.4 is 4.57 Å². The van der Waals surface area contributed by atoms with Gasteiger partial charge in [0.2, 0.25) is 6.33 Å². The summed E-state index contributed by atoms with van der Waals surface area (Å²) in [5.41, 5.74) is 3.24. The molecule has 0 bridgehead atoms. The summed E-state index contributed by atoms with van der Waals surface area (Å²) in [5.74, 6) is 0. The second kappa shape index (κ2) is 3.36. The average Bonchev–Trinajstić information content (AvgIpc) is 2.22. The molecule has 1 aromatic heterocycles. The van der Waals surface area contributed by atoms with E-state index in [1.807, 2.05) is 0 Å². The number of nitrogens with zero attached hydrogens (tertiary/aromatic N) is 2. The van der Waals surface area contributed by atoms with E-state index in [9.17, 15) is 0 Å². The zero-order valence-electron chi connectivity index (χ0n) is 11.5. The number of imidazole rings is 1. The number of hydrogen-bond donors (Lipinski definition) is 0. The van der Waals surface area contributed by atoms with Gasteiger partial charge in [0.1, 0.15) is 0 Å². The Kier molecular flexibility index (Phi) is 2.75. The molecule has 0 unspecified atom stereocenters. The fraction of sp³-hybridized carbons (Fsp3) is 0.769. The highest BCUT2D eigenvalue weighted by Gasteiger charge is 2.35. The van der Waals surface area contributed by atoms with Crippen LogP contribution in [0.25, 0.3) is 0 Å². The molecule has 0 aliphatic rings. The summed E-state index contributed by atoms with van der Waals surface area (Å²) in [6, 6.07) is 0. The van der Waals surface area contributed by atoms with Crippen molar-refractivity contribution in [1.29, 1.82) is 0 Å². The molecule has 0 radical (unpaired) electrons. The van der Waals surface area contributed by atoms with Crippen molar-refractivity contribution in [3.05, 3.63) is 17.7 Å². The van der Waals surface area contributed by atoms with Crippen molar-refractivity contribution in [3.8, 4) is 0 Å². The van der Waals surface area contributed by atoms with Crippen LogP contribution in [0.2, 0.25) is 0 Å². The second-order valence-corrected chi connectivity index (χ2v) is 6.53. The molecular formula is C13H25N2+. The SMILES string of the molecule is Cn1c[n+](C)c(C(C)(C)C)c1C(C)(C)C. The first kappa shape index (κ1) is 12.3. The van der Waals surface area contributed by atoms with Crippen molar-refractivity contribution in [2.75, 3.05) is 0 Å². The van der Waals surface area contributed by atoms with Gasteiger partial charge in [0.15, 0.2) is 11.4 Å². The van der Waals surface area contributed by atoms with Gasteiger partial charge in [0.05, 0.1) is 14.1 Å². The predicted molar refractivity (Wildman–Crippen MR) is 64.0 cm³/mol. The van der Waals surface area contributed by atoms with Gasteiger partial charge in [-0.05, 0) is 0 Å². The van der Waals surface area contributed by atoms with Crippen molar-refractivity contribution in [2.45, 2.75) is 52.4 Å². The standard InChI is InChI=1S/C13H25N2/c1-12(2,3)10-11(13(4,5)6)15(8)9-14(10)7/h9H,1-8H3/q+1. The van der Waals surface area contributed by atoms with Gasteiger partial charge in [-0.15, -0.1) is 0 Å². The number of hydrogen-bond acceptors (Lipinski definition) is 0. The van der Waals surface area contributed by atoms with E-state index in [1.54, 1.807) is 0 Å². The highest BCUT2D eigenvalue weighted by molar-refractivity contribution is 5.23. The molecule has 15 heavy (non-hydrogen) atoms. The monoisotopic (exact) mass is 209 g/mol. The summed E-state index contributed by atoms with van der Waals surface area (Å²) in [6.07, 6.45) is 2.17. The van der Waals surface area contributed by atoms with E-state index < -0.39 is 0 Å². The summed E-state index contributed by atoms with van der Waals surface area (Å²) in [4.78, 5) is 0. The first-order valence-electron chi connectivity index (χ1n) is 5.61. The Hall–Kier alpha value is -0.790. The fourth-order valence-corrected chi connectivity index (χ4v) is 2.48. The number of aryl methyl sites for hydroxylation is 2. The summed E-state index contributed by atoms with van der Waals surface area (Å²) in [6.45, 7) is 13.7. The number of aromatic nitrogens is 2. The minimum absolute atomic E-state index is 0.193. The third kappa shape index (κ3) is 2.24. The normalized spacial score (nSPS) is 13.3. The van der Waals surface area contributed by atoms with Gasteiger partial charge in [-0.25, -0.2) is 9.13 Å². The van der Waals surface area contributed by atoms with E-state index in [1.165, 1.54) is 11.4 Å². The van der Waals surface area contributed by atoms with Gasteiger partial charge >= 0.3 is 0 Å². The first-order chi connectivity index (χ1) is 6.55. The molecule has 0 spiro atoms. The third-order valence-electron chi connectivity index (χ3n) is 2.70. The molecule has 0 N–H and O–H groups in total. The van der Waals surface area contributed by atoms with Crippen LogP contribution in [0.4, 0.5) is 0 Å². The lowest BCUT2D eigenvalue weighted by Crippen LogP contribution is -2.38. The van der Waals surface area contributed by atoms with Crippen molar-refractivity contribution >= 4 is 0 Å². The van der Waals surface area contributed by atoms with Crippen LogP contribution in [-0.4, -0.2) is 4.57 Å². The van der Waals surface area contributed by atoms with Crippen LogP contribution in [0.3, 0.4) is 0 Å². The maximum absolute atomic E-state index is 2.28. The molecule has 86 valence electrons. The zero-order chi connectivity index (χ0) is 12.0. The van der Waals surface area contributed by atoms with Crippen LogP contribution >= 0.6 is 0 Å². The highest BCUT2D eigenvalue weighted by Crippen LogP contribution is 2.31. The predicted octanol–water partition coefficient (Wildman–Crippen LogP) is 2.44. The van der Waals surface area contributed by atoms with E-state index in [4.69, 9.17) is 0 Å². The van der Waals surface area contributed by atoms with Gasteiger partial charge in [0, 0.05) is 10.8 Å². The highest BCUT2D eigenvalue weighted by atomic mass is 15.1. The molecule has 0 aromatic carbocycles. The lowest BCUT2D eigenvalue weighted by Gasteiger charge is -2.23. The lowest BCUT2D eigenvalue weighted by atomic mass is 9.82. The molecular weight excluding hydrogens is 184 g/mol. The largest absolute Gasteiger partial charge is 0.243 e. The van der Waals surface area contributed by atoms with Crippen molar-refractivity contribution < 1.29 is 4.57 Å². The quantitative estimate of drug-likeness (QED) is 0.580. The van der Waals surface area contributed by atoms with E-state index in [0.717, 1.165) is 0 Å². The lowest BCUT2D eigenvalue weighted by molar-refractivity contribution is -0.681. The second-order valence-electron chi connectivity index (χ2n) is 6.53. The molecule has 0 saturated carbocycles. The molecule has 1 aromatic rings. The van der Waals surface area contributed by atoms with Crippen LogP contribution in [0.1, 0.15) is 52.9 Å². The molecule has 2 heteroatoms.